The minimum atomic E-state index is -4.94. The Balaban J connectivity index is 0.000000349. The minimum absolute atomic E-state index is 0.717. The normalized spacial score (nSPS) is 18.5. The molecule has 4 rings (SSSR count). The minimum Gasteiger partial charge on any atom is -0.359 e. The molecule has 1 atom stereocenters. The molecule has 1 aliphatic heterocycles. The number of rotatable bonds is 1. The summed E-state index contributed by atoms with van der Waals surface area (Å²) < 4.78 is 35.7. The standard InChI is InChI=1S/C17H14N3O.ClHO4/c21-17(14-7-2-1-3-8-14)16-15-9-5-4-6-13(15)10-11-20(16)19-12-18-17;2-1(3,4)5/h1-12,21H,(H,18,19);(H,2,3,4,5)/q+1;/p-1. The Bertz CT molecular complexity index is 940. The fourth-order valence-electron chi connectivity index (χ4n) is 2.82. The molecular weight excluding hydrogens is 362 g/mol. The van der Waals surface area contributed by atoms with Crippen LogP contribution in [-0.2, 0) is 5.72 Å². The largest absolute Gasteiger partial charge is 0.359 e. The maximum Gasteiger partial charge on any atom is 0.279 e. The van der Waals surface area contributed by atoms with Crippen LogP contribution in [0.5, 0.6) is 0 Å². The number of nitrogens with zero attached hydrogens (tertiary/aromatic N) is 2. The van der Waals surface area contributed by atoms with Crippen LogP contribution in [0.3, 0.4) is 0 Å². The molecule has 9 heteroatoms. The van der Waals surface area contributed by atoms with Crippen LogP contribution >= 0.6 is 0 Å². The highest BCUT2D eigenvalue weighted by Gasteiger charge is 2.43. The van der Waals surface area contributed by atoms with Gasteiger partial charge in [0, 0.05) is 16.7 Å². The maximum absolute atomic E-state index is 11.3. The molecule has 0 saturated heterocycles. The Labute approximate surface area is 150 Å². The summed E-state index contributed by atoms with van der Waals surface area (Å²) in [4.78, 5) is 0. The smallest absolute Gasteiger partial charge is 0.279 e. The Kier molecular flexibility index (Phi) is 4.88. The van der Waals surface area contributed by atoms with Crippen LogP contribution in [0.25, 0.3) is 10.8 Å². The summed E-state index contributed by atoms with van der Waals surface area (Å²) in [6.45, 7) is 0. The maximum atomic E-state index is 11.3. The molecule has 2 heterocycles. The molecule has 1 aliphatic rings. The quantitative estimate of drug-likeness (QED) is 0.433. The Morgan fingerprint density at radius 1 is 0.923 bits per heavy atom. The van der Waals surface area contributed by atoms with Crippen LogP contribution in [0.15, 0.2) is 72.0 Å². The van der Waals surface area contributed by atoms with E-state index < -0.39 is 16.0 Å². The van der Waals surface area contributed by atoms with Gasteiger partial charge >= 0.3 is 0 Å². The van der Waals surface area contributed by atoms with Gasteiger partial charge in [0.15, 0.2) is 6.34 Å². The van der Waals surface area contributed by atoms with Gasteiger partial charge < -0.3 is 10.4 Å². The molecule has 0 fully saturated rings. The summed E-state index contributed by atoms with van der Waals surface area (Å²) in [5.41, 5.74) is 0.194. The van der Waals surface area contributed by atoms with Gasteiger partial charge in [0.25, 0.3) is 11.4 Å². The summed E-state index contributed by atoms with van der Waals surface area (Å²) in [7, 11) is -4.94. The monoisotopic (exact) mass is 375 g/mol. The second kappa shape index (κ2) is 6.96. The molecule has 1 unspecified atom stereocenters. The molecule has 26 heavy (non-hydrogen) atoms. The van der Waals surface area contributed by atoms with Crippen molar-refractivity contribution in [3.8, 4) is 0 Å². The number of aromatic nitrogens is 1. The lowest BCUT2D eigenvalue weighted by Gasteiger charge is -2.27. The first-order chi connectivity index (χ1) is 12.3. The highest BCUT2D eigenvalue weighted by Crippen LogP contribution is 2.30. The molecule has 0 bridgehead atoms. The molecule has 0 aliphatic carbocycles. The number of halogens is 1. The van der Waals surface area contributed by atoms with Crippen LogP contribution in [0, 0.1) is 10.2 Å². The SMILES string of the molecule is OC1(c2ccccc2)NC=N[n+]2ccc3ccccc3c21.[O-][Cl+3]([O-])([O-])[O-]. The summed E-state index contributed by atoms with van der Waals surface area (Å²) in [6, 6.07) is 19.5. The molecule has 0 amide bonds. The third-order valence-electron chi connectivity index (χ3n) is 3.83. The molecule has 2 aromatic carbocycles. The van der Waals surface area contributed by atoms with Crippen molar-refractivity contribution in [2.75, 3.05) is 0 Å². The van der Waals surface area contributed by atoms with Gasteiger partial charge in [-0.2, -0.15) is 0 Å². The first-order valence-corrected chi connectivity index (χ1v) is 8.66. The Morgan fingerprint density at radius 2 is 1.54 bits per heavy atom. The topological polar surface area (TPSA) is 141 Å². The third-order valence-corrected chi connectivity index (χ3v) is 3.83. The van der Waals surface area contributed by atoms with Crippen molar-refractivity contribution in [2.24, 2.45) is 5.10 Å². The van der Waals surface area contributed by atoms with Crippen LogP contribution in [0.4, 0.5) is 0 Å². The van der Waals surface area contributed by atoms with Crippen molar-refractivity contribution in [1.82, 2.24) is 5.32 Å². The second-order valence-electron chi connectivity index (χ2n) is 5.44. The first-order valence-electron chi connectivity index (χ1n) is 7.43. The van der Waals surface area contributed by atoms with Crippen molar-refractivity contribution in [3.05, 3.63) is 78.1 Å². The van der Waals surface area contributed by atoms with Crippen LogP contribution < -0.4 is 28.6 Å². The zero-order valence-corrected chi connectivity index (χ0v) is 14.0. The number of pyridine rings is 1. The Morgan fingerprint density at radius 3 is 2.23 bits per heavy atom. The number of aliphatic hydroxyl groups is 1. The fraction of sp³-hybridized carbons (Fsp3) is 0.0588. The predicted octanol–water partition coefficient (Wildman–Crippen LogP) is -3.04. The molecule has 0 radical (unpaired) electrons. The van der Waals surface area contributed by atoms with Crippen molar-refractivity contribution < 1.29 is 38.7 Å². The van der Waals surface area contributed by atoms with Crippen molar-refractivity contribution in [1.29, 1.82) is 0 Å². The number of benzene rings is 2. The van der Waals surface area contributed by atoms with E-state index in [0.717, 1.165) is 16.3 Å². The van der Waals surface area contributed by atoms with E-state index in [4.69, 9.17) is 18.6 Å². The molecule has 2 N–H and O–H groups in total. The lowest BCUT2D eigenvalue weighted by molar-refractivity contribution is -2.00. The van der Waals surface area contributed by atoms with Gasteiger partial charge in [-0.05, 0) is 16.1 Å². The number of hydrogen-bond donors (Lipinski definition) is 2. The van der Waals surface area contributed by atoms with Gasteiger partial charge in [0.1, 0.15) is 0 Å². The molecule has 3 aromatic rings. The molecule has 8 nitrogen and oxygen atoms in total. The zero-order valence-electron chi connectivity index (χ0n) is 13.3. The van der Waals surface area contributed by atoms with E-state index in [1.165, 1.54) is 6.34 Å². The van der Waals surface area contributed by atoms with E-state index in [-0.39, 0.29) is 0 Å². The van der Waals surface area contributed by atoms with Gasteiger partial charge in [-0.25, -0.2) is 18.6 Å². The lowest BCUT2D eigenvalue weighted by Crippen LogP contribution is -2.68. The summed E-state index contributed by atoms with van der Waals surface area (Å²) in [5.74, 6) is 0. The highest BCUT2D eigenvalue weighted by atomic mass is 35.7. The first kappa shape index (κ1) is 18.2. The molecule has 1 aromatic heterocycles. The van der Waals surface area contributed by atoms with E-state index in [1.807, 2.05) is 66.9 Å². The lowest BCUT2D eigenvalue weighted by atomic mass is 9.94. The van der Waals surface area contributed by atoms with Crippen LogP contribution in [0.1, 0.15) is 11.3 Å². The highest BCUT2D eigenvalue weighted by molar-refractivity contribution is 5.85. The fourth-order valence-corrected chi connectivity index (χ4v) is 2.82. The van der Waals surface area contributed by atoms with E-state index in [0.29, 0.717) is 5.69 Å². The molecule has 0 saturated carbocycles. The van der Waals surface area contributed by atoms with Gasteiger partial charge in [0.2, 0.25) is 6.20 Å². The number of fused-ring (bicyclic) bond motifs is 3. The molecular formula is C17H14ClN3O5. The van der Waals surface area contributed by atoms with Crippen molar-refractivity contribution in [3.63, 3.8) is 0 Å². The summed E-state index contributed by atoms with van der Waals surface area (Å²) in [5, 5.41) is 20.6. The zero-order chi connectivity index (χ0) is 18.8. The van der Waals surface area contributed by atoms with Crippen LogP contribution in [0.2, 0.25) is 0 Å². The van der Waals surface area contributed by atoms with Gasteiger partial charge in [0.05, 0.1) is 5.39 Å². The number of nitrogens with one attached hydrogen (secondary N) is 1. The van der Waals surface area contributed by atoms with E-state index in [1.54, 1.807) is 4.68 Å². The Hall–Kier alpha value is -2.59. The van der Waals surface area contributed by atoms with E-state index in [9.17, 15) is 5.11 Å². The van der Waals surface area contributed by atoms with E-state index >= 15 is 0 Å². The summed E-state index contributed by atoms with van der Waals surface area (Å²) in [6.07, 6.45) is 3.39. The number of hydrogen-bond acceptors (Lipinski definition) is 7. The molecule has 134 valence electrons. The second-order valence-corrected chi connectivity index (χ2v) is 6.20. The average molecular weight is 376 g/mol. The molecule has 0 spiro atoms. The summed E-state index contributed by atoms with van der Waals surface area (Å²) >= 11 is 0. The average Bonchev–Trinajstić information content (AvgIpc) is 2.61. The van der Waals surface area contributed by atoms with Gasteiger partial charge in [-0.3, -0.25) is 0 Å². The van der Waals surface area contributed by atoms with E-state index in [2.05, 4.69) is 10.4 Å². The van der Waals surface area contributed by atoms with Gasteiger partial charge in [-0.15, -0.1) is 10.2 Å². The predicted molar refractivity (Wildman–Crippen MR) is 80.6 cm³/mol. The third kappa shape index (κ3) is 3.81. The van der Waals surface area contributed by atoms with Gasteiger partial charge in [-0.1, -0.05) is 48.5 Å². The van der Waals surface area contributed by atoms with Crippen molar-refractivity contribution >= 4 is 17.1 Å². The van der Waals surface area contributed by atoms with Crippen molar-refractivity contribution in [2.45, 2.75) is 5.72 Å². The van der Waals surface area contributed by atoms with Crippen LogP contribution in [-0.4, -0.2) is 11.4 Å².